The molecule has 0 radical (unpaired) electrons. The number of amides is 1. The number of rotatable bonds is 3. The van der Waals surface area contributed by atoms with Gasteiger partial charge in [-0.2, -0.15) is 0 Å². The fraction of sp³-hybridized carbons (Fsp3) is 0.647. The summed E-state index contributed by atoms with van der Waals surface area (Å²) in [7, 11) is 3.46. The zero-order chi connectivity index (χ0) is 16.4. The van der Waals surface area contributed by atoms with Crippen molar-refractivity contribution in [1.29, 1.82) is 0 Å². The van der Waals surface area contributed by atoms with Gasteiger partial charge in [0, 0.05) is 33.4 Å². The fourth-order valence-corrected chi connectivity index (χ4v) is 3.52. The number of carbonyl (C=O) groups excluding carboxylic acids is 1. The lowest BCUT2D eigenvalue weighted by molar-refractivity contribution is 0.0706. The lowest BCUT2D eigenvalue weighted by Crippen LogP contribution is -2.45. The van der Waals surface area contributed by atoms with Crippen LogP contribution in [-0.4, -0.2) is 78.2 Å². The number of anilines is 1. The molecule has 3 rings (SSSR count). The number of aliphatic hydroxyl groups excluding tert-OH is 1. The van der Waals surface area contributed by atoms with Crippen LogP contribution in [0.4, 0.5) is 5.82 Å². The molecular weight excluding hydrogens is 292 g/mol. The second kappa shape index (κ2) is 6.84. The Morgan fingerprint density at radius 3 is 2.57 bits per heavy atom. The van der Waals surface area contributed by atoms with Crippen LogP contribution in [0, 0.1) is 0 Å². The Kier molecular flexibility index (Phi) is 4.82. The third kappa shape index (κ3) is 3.48. The molecule has 6 heteroatoms. The lowest BCUT2D eigenvalue weighted by atomic mass is 10.1. The third-order valence-electron chi connectivity index (χ3n) is 4.84. The van der Waals surface area contributed by atoms with Gasteiger partial charge in [0.25, 0.3) is 5.91 Å². The minimum absolute atomic E-state index is 0.0447. The molecule has 126 valence electrons. The molecule has 0 saturated carbocycles. The highest BCUT2D eigenvalue weighted by Crippen LogP contribution is 2.24. The van der Waals surface area contributed by atoms with Crippen molar-refractivity contribution >= 4 is 11.7 Å². The van der Waals surface area contributed by atoms with Gasteiger partial charge in [0.2, 0.25) is 0 Å². The van der Waals surface area contributed by atoms with E-state index in [1.54, 1.807) is 25.2 Å². The lowest BCUT2D eigenvalue weighted by Gasteiger charge is -2.33. The first-order valence-corrected chi connectivity index (χ1v) is 8.41. The van der Waals surface area contributed by atoms with E-state index in [9.17, 15) is 9.90 Å². The first-order valence-electron chi connectivity index (χ1n) is 8.41. The number of carbonyl (C=O) groups is 1. The second-order valence-corrected chi connectivity index (χ2v) is 6.74. The van der Waals surface area contributed by atoms with Gasteiger partial charge >= 0.3 is 0 Å². The highest BCUT2D eigenvalue weighted by atomic mass is 16.3. The van der Waals surface area contributed by atoms with Crippen molar-refractivity contribution < 1.29 is 9.90 Å². The molecule has 1 amide bonds. The molecule has 0 aromatic carbocycles. The Hall–Kier alpha value is -1.66. The Labute approximate surface area is 137 Å². The predicted molar refractivity (Wildman–Crippen MR) is 89.7 cm³/mol. The van der Waals surface area contributed by atoms with E-state index in [1.165, 1.54) is 19.3 Å². The summed E-state index contributed by atoms with van der Waals surface area (Å²) in [6, 6.07) is 3.88. The van der Waals surface area contributed by atoms with Gasteiger partial charge in [-0.25, -0.2) is 4.98 Å². The van der Waals surface area contributed by atoms with Crippen molar-refractivity contribution in [1.82, 2.24) is 14.8 Å². The summed E-state index contributed by atoms with van der Waals surface area (Å²) in [6.07, 6.45) is 5.04. The normalized spacial score (nSPS) is 25.6. The van der Waals surface area contributed by atoms with Crippen LogP contribution in [0.1, 0.15) is 29.6 Å². The quantitative estimate of drug-likeness (QED) is 0.894. The highest BCUT2D eigenvalue weighted by molar-refractivity contribution is 5.93. The number of aliphatic hydroxyl groups is 1. The van der Waals surface area contributed by atoms with E-state index < -0.39 is 0 Å². The van der Waals surface area contributed by atoms with E-state index >= 15 is 0 Å². The molecule has 1 N–H and O–H groups in total. The minimum Gasteiger partial charge on any atom is -0.390 e. The maximum atomic E-state index is 11.9. The number of hydrogen-bond donors (Lipinski definition) is 1. The van der Waals surface area contributed by atoms with Crippen LogP contribution < -0.4 is 4.90 Å². The van der Waals surface area contributed by atoms with Crippen LogP contribution in [-0.2, 0) is 0 Å². The summed E-state index contributed by atoms with van der Waals surface area (Å²) in [4.78, 5) is 22.4. The Bertz CT molecular complexity index is 540. The van der Waals surface area contributed by atoms with Crippen molar-refractivity contribution in [2.45, 2.75) is 31.4 Å². The van der Waals surface area contributed by atoms with Crippen LogP contribution in [0.3, 0.4) is 0 Å². The van der Waals surface area contributed by atoms with Crippen molar-refractivity contribution in [3.8, 4) is 0 Å². The maximum Gasteiger partial charge on any atom is 0.254 e. The second-order valence-electron chi connectivity index (χ2n) is 6.74. The molecule has 0 spiro atoms. The molecule has 23 heavy (non-hydrogen) atoms. The smallest absolute Gasteiger partial charge is 0.254 e. The first-order chi connectivity index (χ1) is 11.1. The zero-order valence-electron chi connectivity index (χ0n) is 14.0. The summed E-state index contributed by atoms with van der Waals surface area (Å²) in [5.41, 5.74) is 0.589. The fourth-order valence-electron chi connectivity index (χ4n) is 3.52. The third-order valence-corrected chi connectivity index (χ3v) is 4.84. The minimum atomic E-state index is -0.335. The van der Waals surface area contributed by atoms with Crippen molar-refractivity contribution in [2.24, 2.45) is 0 Å². The van der Waals surface area contributed by atoms with E-state index in [4.69, 9.17) is 0 Å². The van der Waals surface area contributed by atoms with Crippen molar-refractivity contribution in [2.75, 3.05) is 45.2 Å². The molecule has 2 saturated heterocycles. The van der Waals surface area contributed by atoms with E-state index in [2.05, 4.69) is 14.8 Å². The van der Waals surface area contributed by atoms with Gasteiger partial charge in [0.15, 0.2) is 0 Å². The van der Waals surface area contributed by atoms with Crippen LogP contribution in [0.15, 0.2) is 18.3 Å². The van der Waals surface area contributed by atoms with Crippen LogP contribution in [0.5, 0.6) is 0 Å². The van der Waals surface area contributed by atoms with Gasteiger partial charge in [-0.1, -0.05) is 6.42 Å². The summed E-state index contributed by atoms with van der Waals surface area (Å²) >= 11 is 0. The Morgan fingerprint density at radius 1 is 1.22 bits per heavy atom. The van der Waals surface area contributed by atoms with Crippen LogP contribution in [0.25, 0.3) is 0 Å². The molecule has 2 aliphatic rings. The summed E-state index contributed by atoms with van der Waals surface area (Å²) in [6.45, 7) is 3.57. The molecule has 2 aliphatic heterocycles. The van der Waals surface area contributed by atoms with E-state index in [-0.39, 0.29) is 18.1 Å². The van der Waals surface area contributed by atoms with Crippen molar-refractivity contribution in [3.63, 3.8) is 0 Å². The molecule has 6 nitrogen and oxygen atoms in total. The van der Waals surface area contributed by atoms with Gasteiger partial charge in [-0.15, -0.1) is 0 Å². The number of β-amino-alcohol motifs (C(OH)–C–C–N with tert-alkyl or cyclic N) is 1. The number of likely N-dealkylation sites (tertiary alicyclic amines) is 1. The largest absolute Gasteiger partial charge is 0.390 e. The number of piperidine rings is 1. The standard InChI is InChI=1S/C17H26N4O2/c1-19(2)17(23)13-6-7-16(18-10-13)21-11-14(15(22)12-21)20-8-4-3-5-9-20/h6-7,10,14-15,22H,3-5,8-9,11-12H2,1-2H3/t14-,15-/m0/s1. The topological polar surface area (TPSA) is 59.9 Å². The average Bonchev–Trinajstić information content (AvgIpc) is 2.97. The zero-order valence-corrected chi connectivity index (χ0v) is 14.0. The number of hydrogen-bond acceptors (Lipinski definition) is 5. The van der Waals surface area contributed by atoms with E-state index in [0.29, 0.717) is 12.1 Å². The Morgan fingerprint density at radius 2 is 1.96 bits per heavy atom. The molecule has 2 atom stereocenters. The van der Waals surface area contributed by atoms with E-state index in [0.717, 1.165) is 25.5 Å². The monoisotopic (exact) mass is 318 g/mol. The molecule has 2 fully saturated rings. The van der Waals surface area contributed by atoms with Gasteiger partial charge in [0.05, 0.1) is 17.7 Å². The molecule has 3 heterocycles. The summed E-state index contributed by atoms with van der Waals surface area (Å²) in [5.74, 6) is 0.788. The van der Waals surface area contributed by atoms with Gasteiger partial charge in [-0.05, 0) is 38.1 Å². The van der Waals surface area contributed by atoms with Gasteiger partial charge in [-0.3, -0.25) is 9.69 Å². The molecule has 1 aromatic rings. The molecule has 0 unspecified atom stereocenters. The predicted octanol–water partition coefficient (Wildman–Crippen LogP) is 0.819. The molecule has 0 bridgehead atoms. The van der Waals surface area contributed by atoms with E-state index in [1.807, 2.05) is 12.1 Å². The number of pyridine rings is 1. The van der Waals surface area contributed by atoms with Gasteiger partial charge in [0.1, 0.15) is 5.82 Å². The molecule has 1 aromatic heterocycles. The Balaban J connectivity index is 1.67. The molecule has 0 aliphatic carbocycles. The summed E-state index contributed by atoms with van der Waals surface area (Å²) < 4.78 is 0. The number of nitrogens with zero attached hydrogens (tertiary/aromatic N) is 4. The van der Waals surface area contributed by atoms with Crippen LogP contribution in [0.2, 0.25) is 0 Å². The van der Waals surface area contributed by atoms with Crippen molar-refractivity contribution in [3.05, 3.63) is 23.9 Å². The maximum absolute atomic E-state index is 11.9. The molecular formula is C17H26N4O2. The summed E-state index contributed by atoms with van der Waals surface area (Å²) in [5, 5.41) is 10.4. The number of aromatic nitrogens is 1. The van der Waals surface area contributed by atoms with Crippen LogP contribution >= 0.6 is 0 Å². The SMILES string of the molecule is CN(C)C(=O)c1ccc(N2C[C@H](O)[C@@H](N3CCCCC3)C2)nc1. The highest BCUT2D eigenvalue weighted by Gasteiger charge is 2.36. The first kappa shape index (κ1) is 16.2. The van der Waals surface area contributed by atoms with Gasteiger partial charge < -0.3 is 14.9 Å². The average molecular weight is 318 g/mol.